The van der Waals surface area contributed by atoms with Crippen LogP contribution in [-0.4, -0.2) is 22.3 Å². The van der Waals surface area contributed by atoms with Crippen LogP contribution >= 0.6 is 11.8 Å². The molecule has 0 aliphatic heterocycles. The number of hydrogen-bond acceptors (Lipinski definition) is 5. The monoisotopic (exact) mass is 357 g/mol. The molecule has 2 aromatic rings. The van der Waals surface area contributed by atoms with Gasteiger partial charge in [-0.1, -0.05) is 17.7 Å². The van der Waals surface area contributed by atoms with Crippen molar-refractivity contribution in [2.75, 3.05) is 5.75 Å². The van der Waals surface area contributed by atoms with Gasteiger partial charge < -0.3 is 0 Å². The molecule has 2 aromatic carbocycles. The standard InChI is InChI=1S/C18H19N3O3S/c1-13-3-9-17(10-4-13)25-12-11-18(22)20-19-14(2)15-5-7-16(8-6-15)21(23)24/h3-10H,11-12H2,1-2H3,(H,20,22)/b19-14-. The number of nitrogens with zero attached hydrogens (tertiary/aromatic N) is 2. The molecule has 0 aromatic heterocycles. The Kier molecular flexibility index (Phi) is 6.71. The zero-order chi connectivity index (χ0) is 18.2. The number of nitro benzene ring substituents is 1. The average Bonchev–Trinajstić information content (AvgIpc) is 2.61. The molecule has 0 saturated heterocycles. The summed E-state index contributed by atoms with van der Waals surface area (Å²) in [7, 11) is 0. The van der Waals surface area contributed by atoms with Gasteiger partial charge in [-0.2, -0.15) is 5.10 Å². The van der Waals surface area contributed by atoms with Crippen LogP contribution in [0.1, 0.15) is 24.5 Å². The number of carbonyl (C=O) groups excluding carboxylic acids is 1. The number of amides is 1. The normalized spacial score (nSPS) is 11.2. The maximum absolute atomic E-state index is 11.8. The van der Waals surface area contributed by atoms with E-state index in [4.69, 9.17) is 0 Å². The van der Waals surface area contributed by atoms with Crippen molar-refractivity contribution in [2.45, 2.75) is 25.2 Å². The van der Waals surface area contributed by atoms with Crippen molar-refractivity contribution in [3.8, 4) is 0 Å². The summed E-state index contributed by atoms with van der Waals surface area (Å²) in [5.74, 6) is 0.502. The minimum Gasteiger partial charge on any atom is -0.273 e. The summed E-state index contributed by atoms with van der Waals surface area (Å²) in [6.07, 6.45) is 0.357. The van der Waals surface area contributed by atoms with Crippen molar-refractivity contribution < 1.29 is 9.72 Å². The van der Waals surface area contributed by atoms with Gasteiger partial charge >= 0.3 is 0 Å². The second kappa shape index (κ2) is 8.98. The van der Waals surface area contributed by atoms with Crippen molar-refractivity contribution in [3.05, 3.63) is 69.8 Å². The van der Waals surface area contributed by atoms with Crippen LogP contribution in [0.15, 0.2) is 58.5 Å². The third-order valence-electron chi connectivity index (χ3n) is 3.46. The van der Waals surface area contributed by atoms with Gasteiger partial charge in [-0.05, 0) is 43.7 Å². The Hall–Kier alpha value is -2.67. The Balaban J connectivity index is 1.80. The highest BCUT2D eigenvalue weighted by atomic mass is 32.2. The second-order valence-electron chi connectivity index (χ2n) is 5.45. The van der Waals surface area contributed by atoms with Crippen LogP contribution < -0.4 is 5.43 Å². The van der Waals surface area contributed by atoms with Gasteiger partial charge in [-0.15, -0.1) is 11.8 Å². The maximum atomic E-state index is 11.8. The molecule has 0 fully saturated rings. The predicted octanol–water partition coefficient (Wildman–Crippen LogP) is 3.93. The molecular weight excluding hydrogens is 338 g/mol. The van der Waals surface area contributed by atoms with E-state index in [2.05, 4.69) is 10.5 Å². The molecule has 0 radical (unpaired) electrons. The van der Waals surface area contributed by atoms with Gasteiger partial charge in [0.15, 0.2) is 0 Å². The molecule has 0 aliphatic carbocycles. The lowest BCUT2D eigenvalue weighted by atomic mass is 10.1. The molecule has 0 aliphatic rings. The Morgan fingerprint density at radius 2 is 1.80 bits per heavy atom. The van der Waals surface area contributed by atoms with E-state index in [0.717, 1.165) is 10.5 Å². The Morgan fingerprint density at radius 1 is 1.16 bits per heavy atom. The number of carbonyl (C=O) groups is 1. The van der Waals surface area contributed by atoms with Gasteiger partial charge in [0.25, 0.3) is 5.69 Å². The molecule has 0 saturated carbocycles. The van der Waals surface area contributed by atoms with Crippen molar-refractivity contribution in [1.82, 2.24) is 5.43 Å². The quantitative estimate of drug-likeness (QED) is 0.352. The number of hydrogen-bond donors (Lipinski definition) is 1. The zero-order valence-electron chi connectivity index (χ0n) is 14.1. The van der Waals surface area contributed by atoms with E-state index >= 15 is 0 Å². The van der Waals surface area contributed by atoms with E-state index in [-0.39, 0.29) is 11.6 Å². The molecule has 7 heteroatoms. The molecule has 0 atom stereocenters. The highest BCUT2D eigenvalue weighted by Gasteiger charge is 2.06. The molecule has 2 rings (SSSR count). The average molecular weight is 357 g/mol. The summed E-state index contributed by atoms with van der Waals surface area (Å²) in [6, 6.07) is 14.2. The largest absolute Gasteiger partial charge is 0.273 e. The highest BCUT2D eigenvalue weighted by Crippen LogP contribution is 2.19. The summed E-state index contributed by atoms with van der Waals surface area (Å²) in [5, 5.41) is 14.7. The van der Waals surface area contributed by atoms with Crippen molar-refractivity contribution in [3.63, 3.8) is 0 Å². The number of benzene rings is 2. The summed E-state index contributed by atoms with van der Waals surface area (Å²) in [5.41, 5.74) is 5.06. The molecule has 1 N–H and O–H groups in total. The minimum atomic E-state index is -0.455. The van der Waals surface area contributed by atoms with Crippen LogP contribution in [0, 0.1) is 17.0 Å². The SMILES string of the molecule is C/C(=N/NC(=O)CCSc1ccc(C)cc1)c1ccc([N+](=O)[O-])cc1. The number of non-ortho nitro benzene ring substituents is 1. The first-order chi connectivity index (χ1) is 12.0. The first-order valence-corrected chi connectivity index (χ1v) is 8.71. The summed E-state index contributed by atoms with van der Waals surface area (Å²) < 4.78 is 0. The summed E-state index contributed by atoms with van der Waals surface area (Å²) >= 11 is 1.62. The molecule has 0 spiro atoms. The Bertz CT molecular complexity index is 771. The van der Waals surface area contributed by atoms with Crippen LogP contribution in [0.2, 0.25) is 0 Å². The van der Waals surface area contributed by atoms with E-state index in [1.807, 2.05) is 31.2 Å². The number of nitro groups is 1. The van der Waals surface area contributed by atoms with Crippen molar-refractivity contribution in [1.29, 1.82) is 0 Å². The number of nitrogens with one attached hydrogen (secondary N) is 1. The van der Waals surface area contributed by atoms with Crippen molar-refractivity contribution >= 4 is 29.1 Å². The molecule has 0 heterocycles. The minimum absolute atomic E-state index is 0.0220. The fourth-order valence-corrected chi connectivity index (χ4v) is 2.84. The molecular formula is C18H19N3O3S. The molecule has 0 unspecified atom stereocenters. The third-order valence-corrected chi connectivity index (χ3v) is 4.48. The van der Waals surface area contributed by atoms with Gasteiger partial charge in [0.05, 0.1) is 10.6 Å². The van der Waals surface area contributed by atoms with E-state index < -0.39 is 4.92 Å². The van der Waals surface area contributed by atoms with Crippen molar-refractivity contribution in [2.24, 2.45) is 5.10 Å². The van der Waals surface area contributed by atoms with Crippen LogP contribution in [0.3, 0.4) is 0 Å². The summed E-state index contributed by atoms with van der Waals surface area (Å²) in [4.78, 5) is 23.2. The van der Waals surface area contributed by atoms with Gasteiger partial charge in [0.2, 0.25) is 5.91 Å². The second-order valence-corrected chi connectivity index (χ2v) is 6.62. The molecule has 25 heavy (non-hydrogen) atoms. The van der Waals surface area contributed by atoms with E-state index in [9.17, 15) is 14.9 Å². The Morgan fingerprint density at radius 3 is 2.40 bits per heavy atom. The number of aryl methyl sites for hydroxylation is 1. The smallest absolute Gasteiger partial charge is 0.269 e. The number of hydrazone groups is 1. The van der Waals surface area contributed by atoms with Gasteiger partial charge in [-0.3, -0.25) is 14.9 Å². The molecule has 130 valence electrons. The van der Waals surface area contributed by atoms with Crippen LogP contribution in [-0.2, 0) is 4.79 Å². The number of thioether (sulfide) groups is 1. The predicted molar refractivity (Wildman–Crippen MR) is 100.0 cm³/mol. The fraction of sp³-hybridized carbons (Fsp3) is 0.222. The third kappa shape index (κ3) is 6.04. The topological polar surface area (TPSA) is 84.6 Å². The molecule has 1 amide bonds. The molecule has 6 nitrogen and oxygen atoms in total. The lowest BCUT2D eigenvalue weighted by molar-refractivity contribution is -0.384. The van der Waals surface area contributed by atoms with Gasteiger partial charge in [0.1, 0.15) is 0 Å². The fourth-order valence-electron chi connectivity index (χ4n) is 1.99. The van der Waals surface area contributed by atoms with E-state index in [1.165, 1.54) is 17.7 Å². The Labute approximate surface area is 150 Å². The lowest BCUT2D eigenvalue weighted by Crippen LogP contribution is -2.19. The lowest BCUT2D eigenvalue weighted by Gasteiger charge is -2.04. The number of rotatable bonds is 7. The van der Waals surface area contributed by atoms with Crippen LogP contribution in [0.4, 0.5) is 5.69 Å². The van der Waals surface area contributed by atoms with E-state index in [1.54, 1.807) is 30.8 Å². The van der Waals surface area contributed by atoms with Crippen LogP contribution in [0.25, 0.3) is 0 Å². The molecule has 0 bridgehead atoms. The highest BCUT2D eigenvalue weighted by molar-refractivity contribution is 7.99. The van der Waals surface area contributed by atoms with Crippen LogP contribution in [0.5, 0.6) is 0 Å². The summed E-state index contributed by atoms with van der Waals surface area (Å²) in [6.45, 7) is 3.77. The van der Waals surface area contributed by atoms with Gasteiger partial charge in [0, 0.05) is 29.2 Å². The van der Waals surface area contributed by atoms with E-state index in [0.29, 0.717) is 17.9 Å². The van der Waals surface area contributed by atoms with Gasteiger partial charge in [-0.25, -0.2) is 5.43 Å². The maximum Gasteiger partial charge on any atom is 0.269 e. The zero-order valence-corrected chi connectivity index (χ0v) is 14.9. The first-order valence-electron chi connectivity index (χ1n) is 7.73. The first kappa shape index (κ1) is 18.7.